The van der Waals surface area contributed by atoms with Gasteiger partial charge in [0.25, 0.3) is 0 Å². The minimum absolute atomic E-state index is 0.0632. The van der Waals surface area contributed by atoms with Gasteiger partial charge in [-0.1, -0.05) is 0 Å². The smallest absolute Gasteiger partial charge is 0.429 e. The minimum Gasteiger partial charge on any atom is -0.466 e. The number of rotatable bonds is 3. The first-order valence-electron chi connectivity index (χ1n) is 3.60. The van der Waals surface area contributed by atoms with Crippen LogP contribution in [0.4, 0.5) is 13.2 Å². The summed E-state index contributed by atoms with van der Waals surface area (Å²) in [5.41, 5.74) is -1.12. The second-order valence-electron chi connectivity index (χ2n) is 2.15. The molecule has 0 aliphatic heterocycles. The number of aliphatic imine (C=N–C) groups is 1. The molecule has 76 valence electrons. The third-order valence-electron chi connectivity index (χ3n) is 1.21. The zero-order valence-corrected chi connectivity index (χ0v) is 7.31. The van der Waals surface area contributed by atoms with E-state index >= 15 is 0 Å². The van der Waals surface area contributed by atoms with Crippen molar-refractivity contribution in [2.75, 3.05) is 13.7 Å². The maximum absolute atomic E-state index is 12.0. The highest BCUT2D eigenvalue weighted by Gasteiger charge is 2.36. The molecule has 0 unspecified atom stereocenters. The number of carbonyl (C=O) groups is 1. The highest BCUT2D eigenvalue weighted by Crippen LogP contribution is 2.19. The van der Waals surface area contributed by atoms with Crippen molar-refractivity contribution in [3.05, 3.63) is 0 Å². The molecule has 0 aromatic heterocycles. The molecule has 0 rings (SSSR count). The molecule has 0 spiro atoms. The number of hydrogen-bond acceptors (Lipinski definition) is 3. The van der Waals surface area contributed by atoms with E-state index in [0.717, 1.165) is 7.05 Å². The lowest BCUT2D eigenvalue weighted by Crippen LogP contribution is -2.26. The predicted octanol–water partition coefficient (Wildman–Crippen LogP) is 1.57. The molecule has 6 heteroatoms. The number of alkyl halides is 3. The van der Waals surface area contributed by atoms with Crippen molar-refractivity contribution in [2.24, 2.45) is 4.99 Å². The SMILES string of the molecule is CCOC(=O)CC(=NC)C(F)(F)F. The average molecular weight is 197 g/mol. The van der Waals surface area contributed by atoms with Gasteiger partial charge in [0.15, 0.2) is 0 Å². The summed E-state index contributed by atoms with van der Waals surface area (Å²) in [7, 11) is 0.988. The largest absolute Gasteiger partial charge is 0.466 e. The van der Waals surface area contributed by atoms with Crippen molar-refractivity contribution in [3.63, 3.8) is 0 Å². The Morgan fingerprint density at radius 1 is 1.46 bits per heavy atom. The van der Waals surface area contributed by atoms with Crippen molar-refractivity contribution in [1.29, 1.82) is 0 Å². The third-order valence-corrected chi connectivity index (χ3v) is 1.21. The third kappa shape index (κ3) is 4.49. The van der Waals surface area contributed by atoms with Crippen LogP contribution in [-0.4, -0.2) is 31.5 Å². The van der Waals surface area contributed by atoms with Crippen molar-refractivity contribution >= 4 is 11.7 Å². The quantitative estimate of drug-likeness (QED) is 0.508. The minimum atomic E-state index is -4.55. The summed E-state index contributed by atoms with van der Waals surface area (Å²) in [6, 6.07) is 0. The summed E-state index contributed by atoms with van der Waals surface area (Å²) in [6.07, 6.45) is -5.38. The van der Waals surface area contributed by atoms with Crippen LogP contribution in [0.15, 0.2) is 4.99 Å². The fourth-order valence-electron chi connectivity index (χ4n) is 0.655. The first kappa shape index (κ1) is 11.9. The summed E-state index contributed by atoms with van der Waals surface area (Å²) >= 11 is 0. The van der Waals surface area contributed by atoms with Crippen LogP contribution in [-0.2, 0) is 9.53 Å². The summed E-state index contributed by atoms with van der Waals surface area (Å²) < 4.78 is 40.3. The monoisotopic (exact) mass is 197 g/mol. The first-order valence-corrected chi connectivity index (χ1v) is 3.60. The van der Waals surface area contributed by atoms with Gasteiger partial charge in [-0.15, -0.1) is 0 Å². The molecule has 0 saturated heterocycles. The summed E-state index contributed by atoms with van der Waals surface area (Å²) in [5, 5.41) is 0. The van der Waals surface area contributed by atoms with Gasteiger partial charge in [0, 0.05) is 7.05 Å². The van der Waals surface area contributed by atoms with Crippen molar-refractivity contribution < 1.29 is 22.7 Å². The normalized spacial score (nSPS) is 12.8. The lowest BCUT2D eigenvalue weighted by Gasteiger charge is -2.08. The zero-order chi connectivity index (χ0) is 10.5. The number of ether oxygens (including phenoxy) is 1. The molecule has 0 aliphatic carbocycles. The molecule has 13 heavy (non-hydrogen) atoms. The van der Waals surface area contributed by atoms with Gasteiger partial charge in [-0.25, -0.2) is 0 Å². The molecule has 0 aromatic carbocycles. The Labute approximate surface area is 73.6 Å². The Morgan fingerprint density at radius 2 is 2.00 bits per heavy atom. The lowest BCUT2D eigenvalue weighted by atomic mass is 10.2. The van der Waals surface area contributed by atoms with Crippen LogP contribution in [0.3, 0.4) is 0 Å². The van der Waals surface area contributed by atoms with E-state index < -0.39 is 24.3 Å². The van der Waals surface area contributed by atoms with Gasteiger partial charge in [0.1, 0.15) is 5.71 Å². The highest BCUT2D eigenvalue weighted by atomic mass is 19.4. The maximum atomic E-state index is 12.0. The van der Waals surface area contributed by atoms with E-state index in [2.05, 4.69) is 9.73 Å². The molecule has 0 aromatic rings. The van der Waals surface area contributed by atoms with Gasteiger partial charge in [-0.2, -0.15) is 13.2 Å². The fourth-order valence-corrected chi connectivity index (χ4v) is 0.655. The van der Waals surface area contributed by atoms with Crippen molar-refractivity contribution in [1.82, 2.24) is 0 Å². The van der Waals surface area contributed by atoms with E-state index in [9.17, 15) is 18.0 Å². The van der Waals surface area contributed by atoms with E-state index in [0.29, 0.717) is 0 Å². The molecule has 0 fully saturated rings. The molecular weight excluding hydrogens is 187 g/mol. The van der Waals surface area contributed by atoms with Crippen LogP contribution in [0.1, 0.15) is 13.3 Å². The number of halogens is 3. The summed E-state index contributed by atoms with van der Waals surface area (Å²) in [4.78, 5) is 13.6. The number of hydrogen-bond donors (Lipinski definition) is 0. The molecular formula is C7H10F3NO2. The Bertz CT molecular complexity index is 210. The first-order chi connectivity index (χ1) is 5.91. The van der Waals surface area contributed by atoms with Crippen LogP contribution in [0.2, 0.25) is 0 Å². The van der Waals surface area contributed by atoms with Crippen LogP contribution in [0.25, 0.3) is 0 Å². The fraction of sp³-hybridized carbons (Fsp3) is 0.714. The van der Waals surface area contributed by atoms with Gasteiger partial charge < -0.3 is 4.74 Å². The number of esters is 1. The Kier molecular flexibility index (Phi) is 4.44. The molecule has 0 aliphatic rings. The Morgan fingerprint density at radius 3 is 2.31 bits per heavy atom. The number of carbonyl (C=O) groups excluding carboxylic acids is 1. The van der Waals surface area contributed by atoms with E-state index in [4.69, 9.17) is 0 Å². The van der Waals surface area contributed by atoms with Crippen molar-refractivity contribution in [2.45, 2.75) is 19.5 Å². The second-order valence-corrected chi connectivity index (χ2v) is 2.15. The van der Waals surface area contributed by atoms with Gasteiger partial charge in [0.2, 0.25) is 0 Å². The number of nitrogens with zero attached hydrogens (tertiary/aromatic N) is 1. The van der Waals surface area contributed by atoms with Crippen LogP contribution in [0.5, 0.6) is 0 Å². The highest BCUT2D eigenvalue weighted by molar-refractivity contribution is 6.02. The molecule has 3 nitrogen and oxygen atoms in total. The molecule has 0 bridgehead atoms. The van der Waals surface area contributed by atoms with Gasteiger partial charge in [-0.3, -0.25) is 9.79 Å². The van der Waals surface area contributed by atoms with Gasteiger partial charge in [-0.05, 0) is 6.92 Å². The zero-order valence-electron chi connectivity index (χ0n) is 7.31. The summed E-state index contributed by atoms with van der Waals surface area (Å²) in [6.45, 7) is 1.59. The Balaban J connectivity index is 4.25. The maximum Gasteiger partial charge on any atom is 0.429 e. The van der Waals surface area contributed by atoms with Gasteiger partial charge in [0.05, 0.1) is 13.0 Å². The molecule has 0 amide bonds. The van der Waals surface area contributed by atoms with Crippen molar-refractivity contribution in [3.8, 4) is 0 Å². The van der Waals surface area contributed by atoms with E-state index in [-0.39, 0.29) is 6.61 Å². The van der Waals surface area contributed by atoms with E-state index in [1.165, 1.54) is 6.92 Å². The molecule has 0 saturated carbocycles. The van der Waals surface area contributed by atoms with Gasteiger partial charge >= 0.3 is 12.1 Å². The molecule has 0 radical (unpaired) electrons. The predicted molar refractivity (Wildman–Crippen MR) is 40.7 cm³/mol. The van der Waals surface area contributed by atoms with Crippen LogP contribution < -0.4 is 0 Å². The van der Waals surface area contributed by atoms with Crippen LogP contribution in [0, 0.1) is 0 Å². The molecule has 0 N–H and O–H groups in total. The average Bonchev–Trinajstić information content (AvgIpc) is 1.98. The topological polar surface area (TPSA) is 38.7 Å². The lowest BCUT2D eigenvalue weighted by molar-refractivity contribution is -0.142. The molecule has 0 atom stereocenters. The van der Waals surface area contributed by atoms with E-state index in [1.807, 2.05) is 0 Å². The van der Waals surface area contributed by atoms with E-state index in [1.54, 1.807) is 0 Å². The standard InChI is InChI=1S/C7H10F3NO2/c1-3-13-6(12)4-5(11-2)7(8,9)10/h3-4H2,1-2H3. The summed E-state index contributed by atoms with van der Waals surface area (Å²) in [5.74, 6) is -0.916. The van der Waals surface area contributed by atoms with Crippen LogP contribution >= 0.6 is 0 Å². The molecule has 0 heterocycles. The Hall–Kier alpha value is -1.07. The second kappa shape index (κ2) is 4.84.